The zero-order valence-corrected chi connectivity index (χ0v) is 18.9. The van der Waals surface area contributed by atoms with Gasteiger partial charge in [0.25, 0.3) is 0 Å². The molecule has 0 fully saturated rings. The van der Waals surface area contributed by atoms with Gasteiger partial charge in [0.15, 0.2) is 17.6 Å². The number of benzene rings is 1. The highest BCUT2D eigenvalue weighted by Crippen LogP contribution is 2.27. The molecule has 28 heavy (non-hydrogen) atoms. The number of aliphatic hydroxyl groups is 1. The summed E-state index contributed by atoms with van der Waals surface area (Å²) < 4.78 is 32.5. The molecule has 1 heterocycles. The first kappa shape index (κ1) is 24.4. The van der Waals surface area contributed by atoms with E-state index in [1.54, 1.807) is 26.0 Å². The fourth-order valence-electron chi connectivity index (χ4n) is 2.88. The van der Waals surface area contributed by atoms with Gasteiger partial charge in [0, 0.05) is 18.7 Å². The number of halogens is 3. The molecule has 156 valence electrons. The van der Waals surface area contributed by atoms with Crippen LogP contribution in [0.2, 0.25) is 0 Å². The molecule has 5 nitrogen and oxygen atoms in total. The normalized spacial score (nSPS) is 13.6. The fraction of sp³-hybridized carbons (Fsp3) is 0.450. The van der Waals surface area contributed by atoms with Gasteiger partial charge in [0.05, 0.1) is 6.54 Å². The average molecular weight is 507 g/mol. The van der Waals surface area contributed by atoms with Gasteiger partial charge in [0.1, 0.15) is 17.1 Å². The first-order valence-corrected chi connectivity index (χ1v) is 8.99. The smallest absolute Gasteiger partial charge is 0.191 e. The lowest BCUT2D eigenvalue weighted by atomic mass is 9.96. The summed E-state index contributed by atoms with van der Waals surface area (Å²) in [4.78, 5) is 4.42. The Morgan fingerprint density at radius 3 is 2.57 bits per heavy atom. The summed E-state index contributed by atoms with van der Waals surface area (Å²) in [5, 5.41) is 16.9. The number of guanidine groups is 1. The molecule has 0 bridgehead atoms. The lowest BCUT2D eigenvalue weighted by Gasteiger charge is -2.21. The molecule has 0 saturated carbocycles. The highest BCUT2D eigenvalue weighted by Gasteiger charge is 2.27. The van der Waals surface area contributed by atoms with Crippen molar-refractivity contribution >= 4 is 29.9 Å². The van der Waals surface area contributed by atoms with Crippen molar-refractivity contribution in [3.63, 3.8) is 0 Å². The molecule has 1 unspecified atom stereocenters. The largest absolute Gasteiger partial charge is 0.466 e. The van der Waals surface area contributed by atoms with Crippen LogP contribution >= 0.6 is 24.0 Å². The van der Waals surface area contributed by atoms with Gasteiger partial charge in [-0.25, -0.2) is 13.8 Å². The summed E-state index contributed by atoms with van der Waals surface area (Å²) in [5.41, 5.74) is -0.185. The van der Waals surface area contributed by atoms with Crippen LogP contribution in [-0.2, 0) is 12.0 Å². The standard InChI is InChI=1S/C20H27F2N3O2.HI/c1-5-23-19(24-10-9-15-7-6-8-17(21)18(15)22)25-12-20(4,26)16-11-13(2)27-14(16)3;/h6-8,11,26H,5,9-10,12H2,1-4H3,(H2,23,24,25);1H. The van der Waals surface area contributed by atoms with Crippen molar-refractivity contribution in [2.24, 2.45) is 4.99 Å². The Bertz CT molecular complexity index is 807. The Labute approximate surface area is 181 Å². The fourth-order valence-corrected chi connectivity index (χ4v) is 2.88. The Kier molecular flexibility index (Phi) is 9.35. The molecule has 2 aromatic rings. The Morgan fingerprint density at radius 1 is 1.25 bits per heavy atom. The molecule has 0 spiro atoms. The zero-order valence-electron chi connectivity index (χ0n) is 16.6. The first-order valence-electron chi connectivity index (χ1n) is 8.99. The summed E-state index contributed by atoms with van der Waals surface area (Å²) in [6, 6.07) is 5.94. The quantitative estimate of drug-likeness (QED) is 0.303. The van der Waals surface area contributed by atoms with E-state index in [2.05, 4.69) is 15.6 Å². The number of aryl methyl sites for hydroxylation is 2. The van der Waals surface area contributed by atoms with E-state index >= 15 is 0 Å². The summed E-state index contributed by atoms with van der Waals surface area (Å²) in [6.07, 6.45) is 0.310. The second kappa shape index (κ2) is 10.8. The highest BCUT2D eigenvalue weighted by molar-refractivity contribution is 14.0. The third-order valence-electron chi connectivity index (χ3n) is 4.23. The first-order chi connectivity index (χ1) is 12.7. The van der Waals surface area contributed by atoms with Crippen molar-refractivity contribution in [2.45, 2.75) is 39.7 Å². The minimum Gasteiger partial charge on any atom is -0.466 e. The average Bonchev–Trinajstić information content (AvgIpc) is 2.96. The number of nitrogens with zero attached hydrogens (tertiary/aromatic N) is 1. The Hall–Kier alpha value is -1.68. The van der Waals surface area contributed by atoms with Crippen molar-refractivity contribution in [3.05, 3.63) is 58.5 Å². The van der Waals surface area contributed by atoms with Crippen LogP contribution in [0.4, 0.5) is 8.78 Å². The van der Waals surface area contributed by atoms with Crippen molar-refractivity contribution in [1.82, 2.24) is 10.6 Å². The minimum absolute atomic E-state index is 0. The van der Waals surface area contributed by atoms with E-state index in [1.807, 2.05) is 13.8 Å². The lowest BCUT2D eigenvalue weighted by Crippen LogP contribution is -2.39. The molecule has 0 aliphatic rings. The van der Waals surface area contributed by atoms with Gasteiger partial charge < -0.3 is 20.2 Å². The Morgan fingerprint density at radius 2 is 1.96 bits per heavy atom. The van der Waals surface area contributed by atoms with Gasteiger partial charge in [-0.2, -0.15) is 0 Å². The number of nitrogens with one attached hydrogen (secondary N) is 2. The van der Waals surface area contributed by atoms with Crippen LogP contribution in [0.1, 0.15) is 36.5 Å². The van der Waals surface area contributed by atoms with Crippen LogP contribution in [0.5, 0.6) is 0 Å². The SMILES string of the molecule is CCNC(=NCC(C)(O)c1cc(C)oc1C)NCCc1cccc(F)c1F.I. The molecule has 0 saturated heterocycles. The van der Waals surface area contributed by atoms with Crippen LogP contribution < -0.4 is 10.6 Å². The number of aliphatic imine (C=N–C) groups is 1. The molecule has 0 aliphatic heterocycles. The molecule has 1 atom stereocenters. The summed E-state index contributed by atoms with van der Waals surface area (Å²) in [5.74, 6) is 0.207. The summed E-state index contributed by atoms with van der Waals surface area (Å²) >= 11 is 0. The van der Waals surface area contributed by atoms with Crippen LogP contribution in [-0.4, -0.2) is 30.7 Å². The molecule has 1 aromatic carbocycles. The molecular formula is C20H28F2IN3O2. The van der Waals surface area contributed by atoms with Crippen LogP contribution in [0.3, 0.4) is 0 Å². The van der Waals surface area contributed by atoms with E-state index in [1.165, 1.54) is 6.07 Å². The van der Waals surface area contributed by atoms with Crippen molar-refractivity contribution in [3.8, 4) is 0 Å². The lowest BCUT2D eigenvalue weighted by molar-refractivity contribution is 0.0657. The van der Waals surface area contributed by atoms with E-state index < -0.39 is 17.2 Å². The molecule has 8 heteroatoms. The van der Waals surface area contributed by atoms with Crippen LogP contribution in [0.15, 0.2) is 33.7 Å². The van der Waals surface area contributed by atoms with Gasteiger partial charge in [-0.3, -0.25) is 0 Å². The van der Waals surface area contributed by atoms with E-state index in [0.29, 0.717) is 42.4 Å². The number of rotatable bonds is 7. The molecule has 0 amide bonds. The zero-order chi connectivity index (χ0) is 20.0. The topological polar surface area (TPSA) is 69.8 Å². The monoisotopic (exact) mass is 507 g/mol. The second-order valence-corrected chi connectivity index (χ2v) is 6.69. The third-order valence-corrected chi connectivity index (χ3v) is 4.23. The van der Waals surface area contributed by atoms with Crippen LogP contribution in [0, 0.1) is 25.5 Å². The molecule has 1 aromatic heterocycles. The van der Waals surface area contributed by atoms with Crippen molar-refractivity contribution in [2.75, 3.05) is 19.6 Å². The summed E-state index contributed by atoms with van der Waals surface area (Å²) in [7, 11) is 0. The van der Waals surface area contributed by atoms with Gasteiger partial charge in [-0.1, -0.05) is 12.1 Å². The highest BCUT2D eigenvalue weighted by atomic mass is 127. The third kappa shape index (κ3) is 6.44. The van der Waals surface area contributed by atoms with E-state index in [0.717, 1.165) is 11.8 Å². The Balaban J connectivity index is 0.00000392. The van der Waals surface area contributed by atoms with Gasteiger partial charge in [0.2, 0.25) is 0 Å². The predicted molar refractivity (Wildman–Crippen MR) is 117 cm³/mol. The molecule has 2 rings (SSSR count). The van der Waals surface area contributed by atoms with E-state index in [4.69, 9.17) is 4.42 Å². The number of hydrogen-bond acceptors (Lipinski definition) is 3. The molecular weight excluding hydrogens is 479 g/mol. The van der Waals surface area contributed by atoms with Gasteiger partial charge in [-0.05, 0) is 51.8 Å². The van der Waals surface area contributed by atoms with Crippen LogP contribution in [0.25, 0.3) is 0 Å². The minimum atomic E-state index is -1.18. The summed E-state index contributed by atoms with van der Waals surface area (Å²) in [6.45, 7) is 8.36. The molecule has 0 aliphatic carbocycles. The van der Waals surface area contributed by atoms with E-state index in [-0.39, 0.29) is 30.5 Å². The molecule has 3 N–H and O–H groups in total. The number of furan rings is 1. The number of hydrogen-bond donors (Lipinski definition) is 3. The second-order valence-electron chi connectivity index (χ2n) is 6.69. The van der Waals surface area contributed by atoms with Crippen molar-refractivity contribution in [1.29, 1.82) is 0 Å². The maximum atomic E-state index is 13.7. The maximum Gasteiger partial charge on any atom is 0.191 e. The van der Waals surface area contributed by atoms with Gasteiger partial charge >= 0.3 is 0 Å². The molecule has 0 radical (unpaired) electrons. The van der Waals surface area contributed by atoms with E-state index in [9.17, 15) is 13.9 Å². The predicted octanol–water partition coefficient (Wildman–Crippen LogP) is 3.80. The van der Waals surface area contributed by atoms with Gasteiger partial charge in [-0.15, -0.1) is 24.0 Å². The van der Waals surface area contributed by atoms with Crippen molar-refractivity contribution < 1.29 is 18.3 Å². The maximum absolute atomic E-state index is 13.7.